The summed E-state index contributed by atoms with van der Waals surface area (Å²) in [5, 5.41) is 0. The van der Waals surface area contributed by atoms with Crippen LogP contribution in [0.2, 0.25) is 0 Å². The van der Waals surface area contributed by atoms with Crippen LogP contribution in [0.4, 0.5) is 4.39 Å². The summed E-state index contributed by atoms with van der Waals surface area (Å²) in [6.45, 7) is 7.04. The van der Waals surface area contributed by atoms with Crippen LogP contribution in [0.15, 0.2) is 30.1 Å². The Morgan fingerprint density at radius 1 is 1.24 bits per heavy atom. The molecule has 0 fully saturated rings. The second-order valence-electron chi connectivity index (χ2n) is 4.90. The van der Waals surface area contributed by atoms with Crippen molar-refractivity contribution in [3.8, 4) is 0 Å². The lowest BCUT2D eigenvalue weighted by Crippen LogP contribution is -2.24. The molecule has 0 radical (unpaired) electrons. The molecule has 17 heavy (non-hydrogen) atoms. The van der Waals surface area contributed by atoms with Crippen molar-refractivity contribution in [2.75, 3.05) is 0 Å². The summed E-state index contributed by atoms with van der Waals surface area (Å²) < 4.78 is 18.4. The van der Waals surface area contributed by atoms with Gasteiger partial charge in [-0.15, -0.1) is 0 Å². The predicted octanol–water partition coefficient (Wildman–Crippen LogP) is 3.65. The average molecular weight is 236 g/mol. The molecule has 1 rings (SSSR count). The van der Waals surface area contributed by atoms with E-state index in [4.69, 9.17) is 4.74 Å². The fourth-order valence-corrected chi connectivity index (χ4v) is 1.19. The summed E-state index contributed by atoms with van der Waals surface area (Å²) in [7, 11) is 0. The zero-order valence-electron chi connectivity index (χ0n) is 10.6. The first kappa shape index (κ1) is 13.4. The van der Waals surface area contributed by atoms with E-state index >= 15 is 0 Å². The number of rotatable bonds is 2. The number of hydrogen-bond donors (Lipinski definition) is 0. The van der Waals surface area contributed by atoms with Crippen molar-refractivity contribution >= 4 is 12.0 Å². The third-order valence-corrected chi connectivity index (χ3v) is 1.96. The van der Waals surface area contributed by atoms with Crippen molar-refractivity contribution in [2.24, 2.45) is 0 Å². The average Bonchev–Trinajstić information content (AvgIpc) is 2.19. The van der Waals surface area contributed by atoms with Crippen molar-refractivity contribution in [3.05, 3.63) is 41.2 Å². The highest BCUT2D eigenvalue weighted by Crippen LogP contribution is 2.15. The molecule has 0 N–H and O–H groups in total. The summed E-state index contributed by atoms with van der Waals surface area (Å²) in [5.74, 6) is -1.82. The smallest absolute Gasteiger partial charge is 0.367 e. The molecule has 0 unspecified atom stereocenters. The minimum absolute atomic E-state index is 0.638. The van der Waals surface area contributed by atoms with E-state index in [1.165, 1.54) is 6.08 Å². The molecule has 0 bridgehead atoms. The monoisotopic (exact) mass is 236 g/mol. The van der Waals surface area contributed by atoms with Crippen molar-refractivity contribution < 1.29 is 13.9 Å². The zero-order chi connectivity index (χ0) is 13.1. The van der Waals surface area contributed by atoms with Gasteiger partial charge in [0.05, 0.1) is 0 Å². The van der Waals surface area contributed by atoms with Crippen molar-refractivity contribution in [1.82, 2.24) is 0 Å². The third-order valence-electron chi connectivity index (χ3n) is 1.96. The maximum absolute atomic E-state index is 13.5. The lowest BCUT2D eigenvalue weighted by atomic mass is 10.1. The first-order valence-corrected chi connectivity index (χ1v) is 5.45. The van der Waals surface area contributed by atoms with Crippen LogP contribution in [0.5, 0.6) is 0 Å². The van der Waals surface area contributed by atoms with Gasteiger partial charge in [-0.25, -0.2) is 4.79 Å². The fourth-order valence-electron chi connectivity index (χ4n) is 1.19. The number of hydrogen-bond acceptors (Lipinski definition) is 2. The van der Waals surface area contributed by atoms with Gasteiger partial charge in [-0.05, 0) is 39.3 Å². The highest BCUT2D eigenvalue weighted by atomic mass is 19.1. The Labute approximate surface area is 101 Å². The van der Waals surface area contributed by atoms with Gasteiger partial charge in [0, 0.05) is 0 Å². The Balaban J connectivity index is 2.79. The molecule has 0 saturated carbocycles. The standard InChI is InChI=1S/C14H17FO2/c1-10-5-7-11(8-6-10)9-12(15)13(16)17-14(2,3)4/h5-9H,1-4H3. The van der Waals surface area contributed by atoms with Gasteiger partial charge in [0.2, 0.25) is 5.83 Å². The van der Waals surface area contributed by atoms with Crippen molar-refractivity contribution in [1.29, 1.82) is 0 Å². The highest BCUT2D eigenvalue weighted by molar-refractivity contribution is 5.91. The van der Waals surface area contributed by atoms with Crippen LogP contribution in [-0.4, -0.2) is 11.6 Å². The first-order chi connectivity index (χ1) is 7.78. The van der Waals surface area contributed by atoms with Gasteiger partial charge < -0.3 is 4.74 Å². The number of ether oxygens (including phenoxy) is 1. The Bertz CT molecular complexity index is 425. The van der Waals surface area contributed by atoms with E-state index in [1.54, 1.807) is 32.9 Å². The molecule has 0 aromatic heterocycles. The van der Waals surface area contributed by atoms with E-state index in [0.717, 1.165) is 5.56 Å². The van der Waals surface area contributed by atoms with Gasteiger partial charge in [-0.1, -0.05) is 29.8 Å². The van der Waals surface area contributed by atoms with E-state index in [-0.39, 0.29) is 0 Å². The zero-order valence-corrected chi connectivity index (χ0v) is 10.6. The lowest BCUT2D eigenvalue weighted by Gasteiger charge is -2.18. The number of esters is 1. The Hall–Kier alpha value is -1.64. The second-order valence-corrected chi connectivity index (χ2v) is 4.90. The van der Waals surface area contributed by atoms with Crippen LogP contribution in [0.1, 0.15) is 31.9 Å². The number of aryl methyl sites for hydroxylation is 1. The summed E-state index contributed by atoms with van der Waals surface area (Å²) in [6, 6.07) is 7.21. The normalized spacial score (nSPS) is 12.4. The lowest BCUT2D eigenvalue weighted by molar-refractivity contribution is -0.151. The van der Waals surface area contributed by atoms with E-state index < -0.39 is 17.4 Å². The number of halogens is 1. The number of carbonyl (C=O) groups is 1. The molecule has 0 saturated heterocycles. The Morgan fingerprint density at radius 3 is 2.24 bits per heavy atom. The minimum atomic E-state index is -0.932. The van der Waals surface area contributed by atoms with E-state index in [9.17, 15) is 9.18 Å². The number of benzene rings is 1. The first-order valence-electron chi connectivity index (χ1n) is 5.45. The van der Waals surface area contributed by atoms with Crippen LogP contribution < -0.4 is 0 Å². The van der Waals surface area contributed by atoms with E-state index in [1.807, 2.05) is 19.1 Å². The Morgan fingerprint density at radius 2 is 1.76 bits per heavy atom. The molecule has 2 nitrogen and oxygen atoms in total. The summed E-state index contributed by atoms with van der Waals surface area (Å²) in [5.41, 5.74) is 1.04. The van der Waals surface area contributed by atoms with Crippen LogP contribution in [0, 0.1) is 6.92 Å². The molecule has 1 aromatic rings. The van der Waals surface area contributed by atoms with Crippen molar-refractivity contribution in [3.63, 3.8) is 0 Å². The molecule has 0 heterocycles. The van der Waals surface area contributed by atoms with Gasteiger partial charge in [0.15, 0.2) is 0 Å². The fraction of sp³-hybridized carbons (Fsp3) is 0.357. The summed E-state index contributed by atoms with van der Waals surface area (Å²) >= 11 is 0. The molecular weight excluding hydrogens is 219 g/mol. The molecule has 0 amide bonds. The van der Waals surface area contributed by atoms with Crippen LogP contribution in [-0.2, 0) is 9.53 Å². The van der Waals surface area contributed by atoms with Gasteiger partial charge in [-0.2, -0.15) is 4.39 Å². The third kappa shape index (κ3) is 4.81. The molecule has 0 spiro atoms. The van der Waals surface area contributed by atoms with Crippen LogP contribution in [0.25, 0.3) is 6.08 Å². The molecule has 92 valence electrons. The number of carbonyl (C=O) groups excluding carboxylic acids is 1. The summed E-state index contributed by atoms with van der Waals surface area (Å²) in [6.07, 6.45) is 1.17. The molecule has 3 heteroatoms. The summed E-state index contributed by atoms with van der Waals surface area (Å²) in [4.78, 5) is 11.4. The molecule has 0 atom stereocenters. The highest BCUT2D eigenvalue weighted by Gasteiger charge is 2.19. The van der Waals surface area contributed by atoms with E-state index in [0.29, 0.717) is 5.56 Å². The van der Waals surface area contributed by atoms with Gasteiger partial charge in [0.1, 0.15) is 5.60 Å². The molecule has 0 aliphatic rings. The van der Waals surface area contributed by atoms with Gasteiger partial charge >= 0.3 is 5.97 Å². The largest absolute Gasteiger partial charge is 0.455 e. The van der Waals surface area contributed by atoms with Crippen LogP contribution >= 0.6 is 0 Å². The van der Waals surface area contributed by atoms with Crippen molar-refractivity contribution in [2.45, 2.75) is 33.3 Å². The molecule has 1 aromatic carbocycles. The molecule has 0 aliphatic carbocycles. The van der Waals surface area contributed by atoms with E-state index in [2.05, 4.69) is 0 Å². The minimum Gasteiger partial charge on any atom is -0.455 e. The predicted molar refractivity (Wildman–Crippen MR) is 66.1 cm³/mol. The topological polar surface area (TPSA) is 26.3 Å². The Kier molecular flexibility index (Phi) is 4.05. The SMILES string of the molecule is Cc1ccc(C=C(F)C(=O)OC(C)(C)C)cc1. The maximum Gasteiger partial charge on any atom is 0.367 e. The van der Waals surface area contributed by atoms with Crippen LogP contribution in [0.3, 0.4) is 0 Å². The quantitative estimate of drug-likeness (QED) is 0.578. The molecule has 0 aliphatic heterocycles. The second kappa shape index (κ2) is 5.13. The maximum atomic E-state index is 13.5. The van der Waals surface area contributed by atoms with Gasteiger partial charge in [0.25, 0.3) is 0 Å². The van der Waals surface area contributed by atoms with Gasteiger partial charge in [-0.3, -0.25) is 0 Å². The molecular formula is C14H17FO2.